The molecule has 0 aliphatic carbocycles. The van der Waals surface area contributed by atoms with Crippen molar-refractivity contribution >= 4 is 11.3 Å². The van der Waals surface area contributed by atoms with Crippen LogP contribution in [-0.2, 0) is 0 Å². The first-order chi connectivity index (χ1) is 14.3. The molecule has 10 heteroatoms. The molecule has 3 atom stereocenters. The smallest absolute Gasteiger partial charge is 0.294 e. The maximum atomic E-state index is 14.1. The summed E-state index contributed by atoms with van der Waals surface area (Å²) in [6, 6.07) is 6.10. The van der Waals surface area contributed by atoms with Gasteiger partial charge in [-0.15, -0.1) is 5.10 Å². The first-order valence-electron chi connectivity index (χ1n) is 9.76. The average molecular weight is 433 g/mol. The number of piperidine rings is 1. The van der Waals surface area contributed by atoms with E-state index in [1.807, 2.05) is 25.3 Å². The SMILES string of the molecule is Cc1ccn(-c2ccc(-c3nnc(OC4CC5CC(F)(F)C(C4)N5C)s3)c(O)c2)n1. The van der Waals surface area contributed by atoms with Crippen molar-refractivity contribution in [1.29, 1.82) is 0 Å². The number of benzene rings is 1. The Morgan fingerprint density at radius 2 is 2.07 bits per heavy atom. The maximum absolute atomic E-state index is 14.1. The lowest BCUT2D eigenvalue weighted by Crippen LogP contribution is -2.47. The Hall–Kier alpha value is -2.59. The van der Waals surface area contributed by atoms with Gasteiger partial charge in [-0.3, -0.25) is 4.90 Å². The van der Waals surface area contributed by atoms with Crippen molar-refractivity contribution in [3.63, 3.8) is 0 Å². The molecule has 2 aliphatic heterocycles. The second-order valence-corrected chi connectivity index (χ2v) is 8.93. The van der Waals surface area contributed by atoms with E-state index in [-0.39, 0.29) is 30.7 Å². The van der Waals surface area contributed by atoms with Crippen LogP contribution in [0, 0.1) is 6.92 Å². The number of phenolic OH excluding ortho intramolecular Hbond substituents is 1. The fraction of sp³-hybridized carbons (Fsp3) is 0.450. The van der Waals surface area contributed by atoms with E-state index in [2.05, 4.69) is 15.3 Å². The fourth-order valence-corrected chi connectivity index (χ4v) is 5.19. The Kier molecular flexibility index (Phi) is 4.51. The zero-order valence-corrected chi connectivity index (χ0v) is 17.3. The number of alkyl halides is 2. The molecular weight excluding hydrogens is 412 g/mol. The van der Waals surface area contributed by atoms with Crippen molar-refractivity contribution in [3.8, 4) is 27.2 Å². The number of hydrogen-bond donors (Lipinski definition) is 1. The summed E-state index contributed by atoms with van der Waals surface area (Å²) in [6.07, 6.45) is 2.19. The highest BCUT2D eigenvalue weighted by molar-refractivity contribution is 7.16. The monoisotopic (exact) mass is 433 g/mol. The van der Waals surface area contributed by atoms with Gasteiger partial charge in [0.25, 0.3) is 11.1 Å². The molecule has 1 N–H and O–H groups in total. The average Bonchev–Trinajstić information content (AvgIpc) is 3.35. The minimum atomic E-state index is -2.68. The molecular formula is C20H21F2N5O2S. The number of nitrogens with zero attached hydrogens (tertiary/aromatic N) is 5. The van der Waals surface area contributed by atoms with Gasteiger partial charge in [-0.2, -0.15) is 5.10 Å². The molecule has 158 valence electrons. The molecule has 0 amide bonds. The molecule has 2 fully saturated rings. The van der Waals surface area contributed by atoms with E-state index in [9.17, 15) is 13.9 Å². The topological polar surface area (TPSA) is 76.3 Å². The summed E-state index contributed by atoms with van der Waals surface area (Å²) >= 11 is 1.20. The highest BCUT2D eigenvalue weighted by Gasteiger charge is 2.56. The Labute approximate surface area is 175 Å². The molecule has 30 heavy (non-hydrogen) atoms. The third-order valence-corrected chi connectivity index (χ3v) is 6.80. The number of fused-ring (bicyclic) bond motifs is 2. The fourth-order valence-electron chi connectivity index (χ4n) is 4.39. The molecule has 2 bridgehead atoms. The molecule has 1 aromatic carbocycles. The molecule has 3 aromatic rings. The normalized spacial score (nSPS) is 25.5. The summed E-state index contributed by atoms with van der Waals surface area (Å²) in [5, 5.41) is 23.8. The summed E-state index contributed by atoms with van der Waals surface area (Å²) in [4.78, 5) is 1.77. The predicted octanol–water partition coefficient (Wildman–Crippen LogP) is 3.65. The summed E-state index contributed by atoms with van der Waals surface area (Å²) < 4.78 is 35.8. The van der Waals surface area contributed by atoms with Crippen LogP contribution in [0.5, 0.6) is 10.9 Å². The largest absolute Gasteiger partial charge is 0.507 e. The maximum Gasteiger partial charge on any atom is 0.294 e. The Bertz CT molecular complexity index is 1080. The predicted molar refractivity (Wildman–Crippen MR) is 107 cm³/mol. The van der Waals surface area contributed by atoms with Crippen LogP contribution in [0.1, 0.15) is 25.0 Å². The van der Waals surface area contributed by atoms with E-state index in [1.54, 1.807) is 28.8 Å². The molecule has 0 radical (unpaired) electrons. The summed E-state index contributed by atoms with van der Waals surface area (Å²) in [5.74, 6) is -2.62. The molecule has 2 saturated heterocycles. The zero-order chi connectivity index (χ0) is 21.0. The van der Waals surface area contributed by atoms with Crippen molar-refractivity contribution < 1.29 is 18.6 Å². The van der Waals surface area contributed by atoms with Gasteiger partial charge in [0.05, 0.1) is 23.0 Å². The van der Waals surface area contributed by atoms with Gasteiger partial charge < -0.3 is 9.84 Å². The number of halogens is 2. The molecule has 7 nitrogen and oxygen atoms in total. The molecule has 0 spiro atoms. The van der Waals surface area contributed by atoms with Gasteiger partial charge in [-0.25, -0.2) is 13.5 Å². The Morgan fingerprint density at radius 1 is 1.23 bits per heavy atom. The number of aromatic nitrogens is 4. The van der Waals surface area contributed by atoms with Crippen LogP contribution < -0.4 is 4.74 Å². The molecule has 2 aliphatic rings. The van der Waals surface area contributed by atoms with E-state index >= 15 is 0 Å². The number of aromatic hydroxyl groups is 1. The van der Waals surface area contributed by atoms with Gasteiger partial charge in [0.1, 0.15) is 11.9 Å². The van der Waals surface area contributed by atoms with Gasteiger partial charge in [0, 0.05) is 37.6 Å². The zero-order valence-electron chi connectivity index (χ0n) is 16.5. The van der Waals surface area contributed by atoms with Gasteiger partial charge in [0.15, 0.2) is 5.01 Å². The number of hydrogen-bond acceptors (Lipinski definition) is 7. The van der Waals surface area contributed by atoms with Crippen LogP contribution in [0.3, 0.4) is 0 Å². The molecule has 4 heterocycles. The molecule has 5 rings (SSSR count). The minimum Gasteiger partial charge on any atom is -0.507 e. The summed E-state index contributed by atoms with van der Waals surface area (Å²) in [5.41, 5.74) is 2.14. The first kappa shape index (κ1) is 19.4. The highest BCUT2D eigenvalue weighted by atomic mass is 32.1. The number of ether oxygens (including phenoxy) is 1. The quantitative estimate of drug-likeness (QED) is 0.677. The van der Waals surface area contributed by atoms with E-state index in [4.69, 9.17) is 4.74 Å². The molecule has 0 saturated carbocycles. The van der Waals surface area contributed by atoms with E-state index in [0.29, 0.717) is 22.2 Å². The van der Waals surface area contributed by atoms with Gasteiger partial charge in [-0.05, 0) is 32.2 Å². The van der Waals surface area contributed by atoms with E-state index in [0.717, 1.165) is 11.4 Å². The lowest BCUT2D eigenvalue weighted by atomic mass is 10.0. The number of phenols is 1. The summed E-state index contributed by atoms with van der Waals surface area (Å²) in [6.45, 7) is 1.89. The van der Waals surface area contributed by atoms with Crippen molar-refractivity contribution in [2.75, 3.05) is 7.05 Å². The van der Waals surface area contributed by atoms with E-state index in [1.165, 1.54) is 11.3 Å². The lowest BCUT2D eigenvalue weighted by Gasteiger charge is -2.35. The number of rotatable bonds is 4. The van der Waals surface area contributed by atoms with Crippen LogP contribution in [0.4, 0.5) is 8.78 Å². The van der Waals surface area contributed by atoms with Crippen molar-refractivity contribution in [3.05, 3.63) is 36.2 Å². The lowest BCUT2D eigenvalue weighted by molar-refractivity contribution is -0.0475. The van der Waals surface area contributed by atoms with Gasteiger partial charge in [-0.1, -0.05) is 16.4 Å². The Balaban J connectivity index is 1.32. The van der Waals surface area contributed by atoms with Crippen molar-refractivity contribution in [2.24, 2.45) is 0 Å². The Morgan fingerprint density at radius 3 is 2.77 bits per heavy atom. The number of aryl methyl sites for hydroxylation is 1. The summed E-state index contributed by atoms with van der Waals surface area (Å²) in [7, 11) is 1.76. The van der Waals surface area contributed by atoms with Crippen LogP contribution in [0.2, 0.25) is 0 Å². The first-order valence-corrected chi connectivity index (χ1v) is 10.6. The van der Waals surface area contributed by atoms with Crippen LogP contribution in [-0.4, -0.2) is 61.1 Å². The molecule has 2 aromatic heterocycles. The third kappa shape index (κ3) is 3.33. The second kappa shape index (κ2) is 6.98. The third-order valence-electron chi connectivity index (χ3n) is 5.96. The van der Waals surface area contributed by atoms with Crippen molar-refractivity contribution in [1.82, 2.24) is 24.9 Å². The van der Waals surface area contributed by atoms with Crippen molar-refractivity contribution in [2.45, 2.75) is 50.3 Å². The second-order valence-electron chi connectivity index (χ2n) is 7.99. The van der Waals surface area contributed by atoms with Gasteiger partial charge in [0.2, 0.25) is 0 Å². The van der Waals surface area contributed by atoms with Crippen LogP contribution >= 0.6 is 11.3 Å². The highest BCUT2D eigenvalue weighted by Crippen LogP contribution is 2.45. The molecule has 3 unspecified atom stereocenters. The van der Waals surface area contributed by atoms with E-state index < -0.39 is 12.0 Å². The minimum absolute atomic E-state index is 0.0559. The standard InChI is InChI=1S/C20H21F2N5O2S/c1-11-5-6-27(25-11)12-3-4-15(16(28)8-12)18-23-24-19(30-18)29-14-7-13-10-20(21,22)17(9-14)26(13)2/h3-6,8,13-14,17,28H,7,9-10H2,1-2H3. The van der Waals surface area contributed by atoms with Crippen LogP contribution in [0.15, 0.2) is 30.5 Å². The van der Waals surface area contributed by atoms with Crippen LogP contribution in [0.25, 0.3) is 16.3 Å². The van der Waals surface area contributed by atoms with Gasteiger partial charge >= 0.3 is 0 Å².